The molecule has 2 bridgehead atoms. The summed E-state index contributed by atoms with van der Waals surface area (Å²) in [5.41, 5.74) is 5.82. The quantitative estimate of drug-likeness (QED) is 0.724. The second-order valence-corrected chi connectivity index (χ2v) is 4.81. The van der Waals surface area contributed by atoms with Crippen LogP contribution in [-0.2, 0) is 4.74 Å². The third-order valence-corrected chi connectivity index (χ3v) is 3.99. The van der Waals surface area contributed by atoms with Crippen molar-refractivity contribution in [1.29, 1.82) is 0 Å². The summed E-state index contributed by atoms with van der Waals surface area (Å²) < 4.78 is 4.84. The van der Waals surface area contributed by atoms with Gasteiger partial charge in [-0.25, -0.2) is 4.79 Å². The summed E-state index contributed by atoms with van der Waals surface area (Å²) in [6.45, 7) is 5.75. The van der Waals surface area contributed by atoms with Gasteiger partial charge in [0.25, 0.3) is 0 Å². The molecule has 1 saturated carbocycles. The van der Waals surface area contributed by atoms with E-state index < -0.39 is 0 Å². The van der Waals surface area contributed by atoms with E-state index in [4.69, 9.17) is 10.5 Å². The van der Waals surface area contributed by atoms with Gasteiger partial charge in [0, 0.05) is 13.1 Å². The van der Waals surface area contributed by atoms with Crippen molar-refractivity contribution in [3.63, 3.8) is 0 Å². The summed E-state index contributed by atoms with van der Waals surface area (Å²) in [5.74, 6) is 1.73. The van der Waals surface area contributed by atoms with Crippen LogP contribution < -0.4 is 5.73 Å². The predicted octanol–water partition coefficient (Wildman–Crippen LogP) is 1.57. The van der Waals surface area contributed by atoms with Gasteiger partial charge >= 0.3 is 6.09 Å². The number of carbonyl (C=O) groups excluding carboxylic acids is 1. The number of rotatable bonds is 2. The van der Waals surface area contributed by atoms with Gasteiger partial charge in [-0.1, -0.05) is 13.0 Å². The van der Waals surface area contributed by atoms with Crippen molar-refractivity contribution in [2.75, 3.05) is 19.6 Å². The third-order valence-electron chi connectivity index (χ3n) is 3.99. The molecular formula is C12H20N2O2. The number of likely N-dealkylation sites (tertiary alicyclic amines) is 1. The van der Waals surface area contributed by atoms with Gasteiger partial charge in [-0.05, 0) is 37.1 Å². The molecule has 0 aromatic heterocycles. The van der Waals surface area contributed by atoms with Crippen LogP contribution in [0.25, 0.3) is 0 Å². The van der Waals surface area contributed by atoms with Gasteiger partial charge in [-0.15, -0.1) is 0 Å². The highest BCUT2D eigenvalue weighted by molar-refractivity contribution is 5.68. The van der Waals surface area contributed by atoms with Gasteiger partial charge in [-0.2, -0.15) is 0 Å². The molecule has 1 aliphatic carbocycles. The van der Waals surface area contributed by atoms with Gasteiger partial charge in [-0.3, -0.25) is 0 Å². The summed E-state index contributed by atoms with van der Waals surface area (Å²) in [6.07, 6.45) is 4.60. The number of hydrogen-bond acceptors (Lipinski definition) is 3. The van der Waals surface area contributed by atoms with Crippen molar-refractivity contribution < 1.29 is 9.53 Å². The number of amides is 1. The second-order valence-electron chi connectivity index (χ2n) is 4.81. The Balaban J connectivity index is 2.02. The SMILES string of the molecule is C=COC(=O)N1C[C@H]2CCC[C@@H](C1)C2CN. The molecule has 2 rings (SSSR count). The highest BCUT2D eigenvalue weighted by Gasteiger charge is 2.40. The monoisotopic (exact) mass is 224 g/mol. The molecule has 1 aliphatic heterocycles. The Morgan fingerprint density at radius 3 is 2.56 bits per heavy atom. The first kappa shape index (κ1) is 11.5. The molecule has 4 nitrogen and oxygen atoms in total. The van der Waals surface area contributed by atoms with Crippen molar-refractivity contribution in [1.82, 2.24) is 4.90 Å². The average Bonchev–Trinajstić information content (AvgIpc) is 2.27. The fraction of sp³-hybridized carbons (Fsp3) is 0.750. The summed E-state index contributed by atoms with van der Waals surface area (Å²) in [5, 5.41) is 0. The summed E-state index contributed by atoms with van der Waals surface area (Å²) in [4.78, 5) is 13.4. The maximum Gasteiger partial charge on any atom is 0.414 e. The van der Waals surface area contributed by atoms with E-state index in [1.165, 1.54) is 25.5 Å². The Morgan fingerprint density at radius 1 is 1.44 bits per heavy atom. The van der Waals surface area contributed by atoms with E-state index in [9.17, 15) is 4.79 Å². The van der Waals surface area contributed by atoms with Crippen LogP contribution >= 0.6 is 0 Å². The Bertz CT molecular complexity index is 266. The molecule has 0 spiro atoms. The number of hydrogen-bond donors (Lipinski definition) is 1. The highest BCUT2D eigenvalue weighted by Crippen LogP contribution is 2.39. The maximum atomic E-state index is 11.6. The predicted molar refractivity (Wildman–Crippen MR) is 61.6 cm³/mol. The molecule has 1 unspecified atom stereocenters. The molecule has 0 radical (unpaired) electrons. The largest absolute Gasteiger partial charge is 0.419 e. The molecule has 0 aromatic carbocycles. The third kappa shape index (κ3) is 2.07. The second kappa shape index (κ2) is 4.87. The lowest BCUT2D eigenvalue weighted by atomic mass is 9.69. The summed E-state index contributed by atoms with van der Waals surface area (Å²) in [7, 11) is 0. The van der Waals surface area contributed by atoms with Crippen LogP contribution in [0.3, 0.4) is 0 Å². The molecule has 90 valence electrons. The lowest BCUT2D eigenvalue weighted by Gasteiger charge is -2.46. The lowest BCUT2D eigenvalue weighted by molar-refractivity contribution is 0.0289. The zero-order valence-electron chi connectivity index (χ0n) is 9.60. The highest BCUT2D eigenvalue weighted by atomic mass is 16.5. The minimum absolute atomic E-state index is 0.262. The van der Waals surface area contributed by atoms with E-state index in [0.29, 0.717) is 17.8 Å². The Hall–Kier alpha value is -1.03. The van der Waals surface area contributed by atoms with Gasteiger partial charge in [0.1, 0.15) is 0 Å². The molecule has 2 fully saturated rings. The summed E-state index contributed by atoms with van der Waals surface area (Å²) in [6, 6.07) is 0. The molecule has 0 aromatic rings. The van der Waals surface area contributed by atoms with Crippen molar-refractivity contribution in [3.8, 4) is 0 Å². The van der Waals surface area contributed by atoms with E-state index in [-0.39, 0.29) is 6.09 Å². The van der Waals surface area contributed by atoms with Crippen molar-refractivity contribution in [2.45, 2.75) is 19.3 Å². The van der Waals surface area contributed by atoms with Crippen LogP contribution in [0.4, 0.5) is 4.79 Å². The van der Waals surface area contributed by atoms with Crippen LogP contribution in [0.1, 0.15) is 19.3 Å². The maximum absolute atomic E-state index is 11.6. The van der Waals surface area contributed by atoms with Crippen LogP contribution in [0, 0.1) is 17.8 Å². The molecule has 2 aliphatic rings. The molecule has 1 saturated heterocycles. The van der Waals surface area contributed by atoms with Gasteiger partial charge in [0.15, 0.2) is 0 Å². The normalized spacial score (nSPS) is 33.3. The fourth-order valence-corrected chi connectivity index (χ4v) is 3.23. The standard InChI is InChI=1S/C12H20N2O2/c1-2-16-12(15)14-7-9-4-3-5-10(8-14)11(9)6-13/h2,9-11H,1,3-8,13H2/t9-,10+,11?. The smallest absolute Gasteiger partial charge is 0.414 e. The van der Waals surface area contributed by atoms with Crippen LogP contribution in [-0.4, -0.2) is 30.6 Å². The minimum Gasteiger partial charge on any atom is -0.419 e. The lowest BCUT2D eigenvalue weighted by Crippen LogP contribution is -2.52. The topological polar surface area (TPSA) is 55.6 Å². The first-order valence-corrected chi connectivity index (χ1v) is 6.02. The number of piperidine rings is 1. The number of nitrogens with zero attached hydrogens (tertiary/aromatic N) is 1. The van der Waals surface area contributed by atoms with Crippen LogP contribution in [0.5, 0.6) is 0 Å². The van der Waals surface area contributed by atoms with Gasteiger partial charge < -0.3 is 15.4 Å². The first-order valence-electron chi connectivity index (χ1n) is 6.02. The zero-order chi connectivity index (χ0) is 11.5. The Morgan fingerprint density at radius 2 is 2.06 bits per heavy atom. The minimum atomic E-state index is -0.262. The van der Waals surface area contributed by atoms with E-state index in [1.54, 1.807) is 0 Å². The number of ether oxygens (including phenoxy) is 1. The van der Waals surface area contributed by atoms with E-state index in [2.05, 4.69) is 6.58 Å². The van der Waals surface area contributed by atoms with Crippen LogP contribution in [0.15, 0.2) is 12.8 Å². The van der Waals surface area contributed by atoms with Crippen molar-refractivity contribution in [3.05, 3.63) is 12.8 Å². The van der Waals surface area contributed by atoms with E-state index >= 15 is 0 Å². The molecule has 1 amide bonds. The van der Waals surface area contributed by atoms with Gasteiger partial charge in [0.05, 0.1) is 6.26 Å². The number of carbonyl (C=O) groups is 1. The molecule has 1 heterocycles. The molecule has 16 heavy (non-hydrogen) atoms. The first-order chi connectivity index (χ1) is 7.76. The fourth-order valence-electron chi connectivity index (χ4n) is 3.23. The van der Waals surface area contributed by atoms with E-state index in [0.717, 1.165) is 19.6 Å². The molecule has 4 heteroatoms. The van der Waals surface area contributed by atoms with Gasteiger partial charge in [0.2, 0.25) is 0 Å². The zero-order valence-corrected chi connectivity index (χ0v) is 9.60. The summed E-state index contributed by atoms with van der Waals surface area (Å²) >= 11 is 0. The molecule has 3 atom stereocenters. The molecule has 2 N–H and O–H groups in total. The van der Waals surface area contributed by atoms with Crippen molar-refractivity contribution >= 4 is 6.09 Å². The average molecular weight is 224 g/mol. The van der Waals surface area contributed by atoms with E-state index in [1.807, 2.05) is 4.90 Å². The molecular weight excluding hydrogens is 204 g/mol. The van der Waals surface area contributed by atoms with Crippen LogP contribution in [0.2, 0.25) is 0 Å². The number of nitrogens with two attached hydrogens (primary N) is 1. The van der Waals surface area contributed by atoms with Crippen molar-refractivity contribution in [2.24, 2.45) is 23.5 Å². The number of fused-ring (bicyclic) bond motifs is 2. The Labute approximate surface area is 96.4 Å². The Kier molecular flexibility index (Phi) is 3.49.